The van der Waals surface area contributed by atoms with E-state index in [2.05, 4.69) is 33.9 Å². The zero-order chi connectivity index (χ0) is 9.61. The van der Waals surface area contributed by atoms with Gasteiger partial charge in [-0.25, -0.2) is 0 Å². The summed E-state index contributed by atoms with van der Waals surface area (Å²) in [5.74, 6) is 0. The number of hydrogen-bond donors (Lipinski definition) is 0. The maximum Gasteiger partial charge on any atom is 0.0772 e. The molecule has 0 aromatic rings. The summed E-state index contributed by atoms with van der Waals surface area (Å²) < 4.78 is 0. The lowest BCUT2D eigenvalue weighted by molar-refractivity contribution is 0.802. The van der Waals surface area contributed by atoms with Crippen LogP contribution in [-0.2, 0) is 0 Å². The molecule has 12 heavy (non-hydrogen) atoms. The first kappa shape index (κ1) is 12.0. The summed E-state index contributed by atoms with van der Waals surface area (Å²) in [7, 11) is -1.03. The Kier molecular flexibility index (Phi) is 5.56. The van der Waals surface area contributed by atoms with Crippen molar-refractivity contribution in [2.45, 2.75) is 58.7 Å². The minimum Gasteiger partial charge on any atom is -0.104 e. The molecule has 0 saturated heterocycles. The molecule has 0 radical (unpaired) electrons. The molecule has 72 valence electrons. The standard InChI is InChI=1S/C11H24Si/c1-6-9-10-11(4)12(5,7-2)8-3/h4,6-10H2,1-3,5H3. The molecule has 0 unspecified atom stereocenters. The highest BCUT2D eigenvalue weighted by atomic mass is 28.3. The number of unbranched alkanes of at least 4 members (excludes halogenated alkanes) is 1. The van der Waals surface area contributed by atoms with Gasteiger partial charge in [0.2, 0.25) is 0 Å². The molecule has 0 aromatic carbocycles. The van der Waals surface area contributed by atoms with Gasteiger partial charge in [0.1, 0.15) is 0 Å². The summed E-state index contributed by atoms with van der Waals surface area (Å²) in [4.78, 5) is 0. The summed E-state index contributed by atoms with van der Waals surface area (Å²) in [6, 6.07) is 2.73. The second-order valence-electron chi connectivity index (χ2n) is 3.97. The Morgan fingerprint density at radius 3 is 2.00 bits per heavy atom. The third-order valence-corrected chi connectivity index (χ3v) is 8.32. The quantitative estimate of drug-likeness (QED) is 0.537. The van der Waals surface area contributed by atoms with Crippen LogP contribution in [0.25, 0.3) is 0 Å². The van der Waals surface area contributed by atoms with Crippen LogP contribution >= 0.6 is 0 Å². The van der Waals surface area contributed by atoms with Gasteiger partial charge in [-0.05, 0) is 6.42 Å². The molecule has 1 heteroatoms. The molecule has 0 rings (SSSR count). The van der Waals surface area contributed by atoms with Gasteiger partial charge in [0.15, 0.2) is 0 Å². The third kappa shape index (κ3) is 3.14. The Labute approximate surface area is 79.1 Å². The zero-order valence-corrected chi connectivity index (χ0v) is 10.2. The molecule has 0 nitrogen and oxygen atoms in total. The molecular weight excluding hydrogens is 160 g/mol. The largest absolute Gasteiger partial charge is 0.104 e. The fourth-order valence-electron chi connectivity index (χ4n) is 1.44. The van der Waals surface area contributed by atoms with Gasteiger partial charge in [0.05, 0.1) is 8.07 Å². The van der Waals surface area contributed by atoms with E-state index in [4.69, 9.17) is 0 Å². The number of rotatable bonds is 6. The third-order valence-electron chi connectivity index (χ3n) is 3.25. The van der Waals surface area contributed by atoms with Crippen molar-refractivity contribution in [2.24, 2.45) is 0 Å². The van der Waals surface area contributed by atoms with Gasteiger partial charge < -0.3 is 0 Å². The molecule has 0 spiro atoms. The lowest BCUT2D eigenvalue weighted by Crippen LogP contribution is -2.30. The molecule has 0 saturated carbocycles. The Bertz CT molecular complexity index is 134. The van der Waals surface area contributed by atoms with Gasteiger partial charge in [-0.15, -0.1) is 6.58 Å². The monoisotopic (exact) mass is 184 g/mol. The van der Waals surface area contributed by atoms with Crippen molar-refractivity contribution in [1.29, 1.82) is 0 Å². The van der Waals surface area contributed by atoms with Crippen molar-refractivity contribution in [2.75, 3.05) is 0 Å². The summed E-state index contributed by atoms with van der Waals surface area (Å²) in [5.41, 5.74) is 0. The molecule has 0 N–H and O–H groups in total. The maximum absolute atomic E-state index is 4.27. The van der Waals surface area contributed by atoms with Crippen LogP contribution in [0.15, 0.2) is 11.8 Å². The molecule has 0 bridgehead atoms. The average Bonchev–Trinajstić information content (AvgIpc) is 2.12. The highest BCUT2D eigenvalue weighted by Crippen LogP contribution is 2.26. The molecule has 0 atom stereocenters. The van der Waals surface area contributed by atoms with E-state index in [1.54, 1.807) is 5.20 Å². The zero-order valence-electron chi connectivity index (χ0n) is 9.24. The van der Waals surface area contributed by atoms with E-state index in [1.807, 2.05) is 0 Å². The number of hydrogen-bond acceptors (Lipinski definition) is 0. The second kappa shape index (κ2) is 5.58. The van der Waals surface area contributed by atoms with Crippen LogP contribution in [0.2, 0.25) is 18.6 Å². The fourth-order valence-corrected chi connectivity index (χ4v) is 3.72. The molecule has 0 aromatic heterocycles. The predicted molar refractivity (Wildman–Crippen MR) is 61.2 cm³/mol. The molecule has 0 fully saturated rings. The van der Waals surface area contributed by atoms with Crippen molar-refractivity contribution >= 4 is 8.07 Å². The summed E-state index contributed by atoms with van der Waals surface area (Å²) in [6.45, 7) is 13.7. The van der Waals surface area contributed by atoms with Crippen molar-refractivity contribution < 1.29 is 0 Å². The Morgan fingerprint density at radius 1 is 1.17 bits per heavy atom. The van der Waals surface area contributed by atoms with Crippen LogP contribution in [-0.4, -0.2) is 8.07 Å². The summed E-state index contributed by atoms with van der Waals surface area (Å²) in [6.07, 6.45) is 3.92. The number of allylic oxidation sites excluding steroid dienone is 1. The highest BCUT2D eigenvalue weighted by Gasteiger charge is 2.24. The van der Waals surface area contributed by atoms with E-state index in [0.717, 1.165) is 0 Å². The molecule has 0 aliphatic rings. The first-order valence-corrected chi connectivity index (χ1v) is 8.20. The summed E-state index contributed by atoms with van der Waals surface area (Å²) in [5, 5.41) is 1.59. The lowest BCUT2D eigenvalue weighted by Gasteiger charge is -2.27. The van der Waals surface area contributed by atoms with Crippen LogP contribution in [0.1, 0.15) is 40.0 Å². The topological polar surface area (TPSA) is 0 Å². The fraction of sp³-hybridized carbons (Fsp3) is 0.818. The van der Waals surface area contributed by atoms with Crippen molar-refractivity contribution in [3.8, 4) is 0 Å². The molecule has 0 amide bonds. The van der Waals surface area contributed by atoms with Crippen LogP contribution in [0.3, 0.4) is 0 Å². The Balaban J connectivity index is 4.03. The maximum atomic E-state index is 4.27. The first-order valence-electron chi connectivity index (χ1n) is 5.29. The van der Waals surface area contributed by atoms with Gasteiger partial charge >= 0.3 is 0 Å². The first-order chi connectivity index (χ1) is 5.60. The van der Waals surface area contributed by atoms with Gasteiger partial charge in [-0.2, -0.15) is 0 Å². The van der Waals surface area contributed by atoms with Gasteiger partial charge in [-0.3, -0.25) is 0 Å². The van der Waals surface area contributed by atoms with Crippen molar-refractivity contribution in [1.82, 2.24) is 0 Å². The smallest absolute Gasteiger partial charge is 0.0772 e. The van der Waals surface area contributed by atoms with Crippen LogP contribution in [0.5, 0.6) is 0 Å². The molecule has 0 aliphatic carbocycles. The van der Waals surface area contributed by atoms with E-state index in [9.17, 15) is 0 Å². The minimum atomic E-state index is -1.03. The SMILES string of the molecule is C=C(CCCC)[Si](C)(CC)CC. The van der Waals surface area contributed by atoms with E-state index in [0.29, 0.717) is 0 Å². The minimum absolute atomic E-state index is 1.03. The lowest BCUT2D eigenvalue weighted by atomic mass is 10.2. The summed E-state index contributed by atoms with van der Waals surface area (Å²) >= 11 is 0. The molecular formula is C11H24Si. The molecule has 0 heterocycles. The Hall–Kier alpha value is -0.0431. The van der Waals surface area contributed by atoms with Crippen LogP contribution in [0, 0.1) is 0 Å². The van der Waals surface area contributed by atoms with Crippen LogP contribution < -0.4 is 0 Å². The highest BCUT2D eigenvalue weighted by molar-refractivity contribution is 6.85. The molecule has 0 aliphatic heterocycles. The van der Waals surface area contributed by atoms with E-state index in [-0.39, 0.29) is 0 Å². The van der Waals surface area contributed by atoms with Crippen LogP contribution in [0.4, 0.5) is 0 Å². The van der Waals surface area contributed by atoms with Gasteiger partial charge in [0.25, 0.3) is 0 Å². The van der Waals surface area contributed by atoms with Gasteiger partial charge in [-0.1, -0.05) is 57.4 Å². The second-order valence-corrected chi connectivity index (χ2v) is 9.22. The Morgan fingerprint density at radius 2 is 1.67 bits per heavy atom. The normalized spacial score (nSPS) is 11.7. The predicted octanol–water partition coefficient (Wildman–Crippen LogP) is 4.39. The van der Waals surface area contributed by atoms with Crippen molar-refractivity contribution in [3.05, 3.63) is 11.8 Å². The van der Waals surface area contributed by atoms with E-state index in [1.165, 1.54) is 31.4 Å². The average molecular weight is 184 g/mol. The van der Waals surface area contributed by atoms with E-state index >= 15 is 0 Å². The van der Waals surface area contributed by atoms with Crippen molar-refractivity contribution in [3.63, 3.8) is 0 Å². The van der Waals surface area contributed by atoms with E-state index < -0.39 is 8.07 Å². The van der Waals surface area contributed by atoms with Gasteiger partial charge in [0, 0.05) is 0 Å².